The van der Waals surface area contributed by atoms with Crippen LogP contribution in [0, 0.1) is 0 Å². The Kier molecular flexibility index (Phi) is 3.36. The molecule has 1 aliphatic heterocycles. The summed E-state index contributed by atoms with van der Waals surface area (Å²) < 4.78 is 5.30. The Bertz CT molecular complexity index is 594. The first-order valence-corrected chi connectivity index (χ1v) is 6.30. The molecule has 3 nitrogen and oxygen atoms in total. The van der Waals surface area contributed by atoms with Gasteiger partial charge in [0.1, 0.15) is 5.75 Å². The van der Waals surface area contributed by atoms with Crippen molar-refractivity contribution in [2.24, 2.45) is 0 Å². The monoisotopic (exact) mass is 250 g/mol. The SMILES string of the molecule is c1ccc2c(c1)CCO2.c1ccc2nccnc2c1. The van der Waals surface area contributed by atoms with E-state index in [0.29, 0.717) is 0 Å². The Hall–Kier alpha value is -2.42. The summed E-state index contributed by atoms with van der Waals surface area (Å²) >= 11 is 0. The molecule has 0 saturated carbocycles. The highest BCUT2D eigenvalue weighted by Crippen LogP contribution is 2.23. The lowest BCUT2D eigenvalue weighted by Crippen LogP contribution is -1.85. The van der Waals surface area contributed by atoms with Crippen LogP contribution in [0.4, 0.5) is 0 Å². The molecule has 1 aliphatic rings. The summed E-state index contributed by atoms with van der Waals surface area (Å²) in [4.78, 5) is 8.24. The van der Waals surface area contributed by atoms with Gasteiger partial charge in [0, 0.05) is 18.8 Å². The normalized spacial score (nSPS) is 12.2. The fraction of sp³-hybridized carbons (Fsp3) is 0.125. The number of ether oxygens (including phenoxy) is 1. The Labute approximate surface area is 111 Å². The van der Waals surface area contributed by atoms with Crippen molar-refractivity contribution in [2.75, 3.05) is 6.61 Å². The fourth-order valence-electron chi connectivity index (χ4n) is 2.03. The van der Waals surface area contributed by atoms with Crippen molar-refractivity contribution >= 4 is 11.0 Å². The summed E-state index contributed by atoms with van der Waals surface area (Å²) in [7, 11) is 0. The molecule has 0 radical (unpaired) electrons. The third-order valence-electron chi connectivity index (χ3n) is 2.98. The summed E-state index contributed by atoms with van der Waals surface area (Å²) in [6, 6.07) is 16.0. The summed E-state index contributed by atoms with van der Waals surface area (Å²) in [6.07, 6.45) is 4.47. The van der Waals surface area contributed by atoms with Crippen molar-refractivity contribution in [3.63, 3.8) is 0 Å². The smallest absolute Gasteiger partial charge is 0.122 e. The van der Waals surface area contributed by atoms with E-state index in [1.807, 2.05) is 42.5 Å². The van der Waals surface area contributed by atoms with Crippen molar-refractivity contribution in [1.82, 2.24) is 9.97 Å². The molecular formula is C16H14N2O. The second-order valence-corrected chi connectivity index (χ2v) is 4.25. The molecule has 0 fully saturated rings. The lowest BCUT2D eigenvalue weighted by molar-refractivity contribution is 0.357. The van der Waals surface area contributed by atoms with E-state index in [4.69, 9.17) is 4.74 Å². The van der Waals surface area contributed by atoms with E-state index in [1.165, 1.54) is 5.56 Å². The van der Waals surface area contributed by atoms with Crippen LogP contribution < -0.4 is 4.74 Å². The second kappa shape index (κ2) is 5.48. The van der Waals surface area contributed by atoms with Gasteiger partial charge in [0.2, 0.25) is 0 Å². The zero-order valence-corrected chi connectivity index (χ0v) is 10.5. The van der Waals surface area contributed by atoms with Crippen molar-refractivity contribution in [3.05, 3.63) is 66.5 Å². The molecule has 0 spiro atoms. The van der Waals surface area contributed by atoms with E-state index < -0.39 is 0 Å². The number of hydrogen-bond donors (Lipinski definition) is 0. The van der Waals surface area contributed by atoms with E-state index >= 15 is 0 Å². The Morgan fingerprint density at radius 3 is 2.11 bits per heavy atom. The average Bonchev–Trinajstić information content (AvgIpc) is 2.96. The van der Waals surface area contributed by atoms with Gasteiger partial charge in [-0.25, -0.2) is 0 Å². The molecule has 94 valence electrons. The van der Waals surface area contributed by atoms with Crippen molar-refractivity contribution < 1.29 is 4.74 Å². The minimum Gasteiger partial charge on any atom is -0.493 e. The Morgan fingerprint density at radius 2 is 1.42 bits per heavy atom. The molecule has 0 N–H and O–H groups in total. The first-order valence-electron chi connectivity index (χ1n) is 6.30. The van der Waals surface area contributed by atoms with Crippen LogP contribution >= 0.6 is 0 Å². The third kappa shape index (κ3) is 2.71. The highest BCUT2D eigenvalue weighted by molar-refractivity contribution is 5.72. The summed E-state index contributed by atoms with van der Waals surface area (Å²) in [5.74, 6) is 1.07. The molecule has 0 amide bonds. The molecule has 2 heterocycles. The van der Waals surface area contributed by atoms with Gasteiger partial charge in [0.05, 0.1) is 17.6 Å². The average molecular weight is 250 g/mol. The van der Waals surface area contributed by atoms with Gasteiger partial charge in [-0.05, 0) is 23.8 Å². The molecule has 0 atom stereocenters. The Balaban J connectivity index is 0.000000117. The molecule has 2 aromatic carbocycles. The van der Waals surface area contributed by atoms with Crippen LogP contribution in [0.25, 0.3) is 11.0 Å². The number of para-hydroxylation sites is 3. The number of hydrogen-bond acceptors (Lipinski definition) is 3. The molecule has 0 aliphatic carbocycles. The zero-order valence-electron chi connectivity index (χ0n) is 10.5. The number of benzene rings is 2. The number of aromatic nitrogens is 2. The summed E-state index contributed by atoms with van der Waals surface area (Å²) in [6.45, 7) is 0.860. The third-order valence-corrected chi connectivity index (χ3v) is 2.98. The number of rotatable bonds is 0. The van der Waals surface area contributed by atoms with Crippen LogP contribution in [0.1, 0.15) is 5.56 Å². The van der Waals surface area contributed by atoms with Crippen LogP contribution in [0.5, 0.6) is 5.75 Å². The Morgan fingerprint density at radius 1 is 0.789 bits per heavy atom. The van der Waals surface area contributed by atoms with Crippen molar-refractivity contribution in [3.8, 4) is 5.75 Å². The predicted octanol–water partition coefficient (Wildman–Crippen LogP) is 3.25. The molecule has 0 bridgehead atoms. The number of nitrogens with zero attached hydrogens (tertiary/aromatic N) is 2. The number of fused-ring (bicyclic) bond motifs is 2. The molecule has 4 rings (SSSR count). The van der Waals surface area contributed by atoms with Crippen LogP contribution in [0.15, 0.2) is 60.9 Å². The van der Waals surface area contributed by atoms with Crippen molar-refractivity contribution in [1.29, 1.82) is 0 Å². The maximum atomic E-state index is 5.30. The second-order valence-electron chi connectivity index (χ2n) is 4.25. The van der Waals surface area contributed by atoms with Gasteiger partial charge in [-0.15, -0.1) is 0 Å². The van der Waals surface area contributed by atoms with Crippen molar-refractivity contribution in [2.45, 2.75) is 6.42 Å². The minimum atomic E-state index is 0.860. The predicted molar refractivity (Wildman–Crippen MR) is 75.2 cm³/mol. The lowest BCUT2D eigenvalue weighted by atomic mass is 10.2. The maximum Gasteiger partial charge on any atom is 0.122 e. The molecule has 3 heteroatoms. The highest BCUT2D eigenvalue weighted by atomic mass is 16.5. The maximum absolute atomic E-state index is 5.30. The summed E-state index contributed by atoms with van der Waals surface area (Å²) in [5, 5.41) is 0. The van der Waals surface area contributed by atoms with Gasteiger partial charge in [-0.1, -0.05) is 30.3 Å². The zero-order chi connectivity index (χ0) is 12.9. The van der Waals surface area contributed by atoms with Gasteiger partial charge < -0.3 is 4.74 Å². The largest absolute Gasteiger partial charge is 0.493 e. The standard InChI is InChI=1S/C8H6N2.C8H8O/c1-2-4-8-7(3-1)9-5-6-10-8;1-2-4-8-7(3-1)5-6-9-8/h1-6H;1-4H,5-6H2. The van der Waals surface area contributed by atoms with Crippen LogP contribution in [0.2, 0.25) is 0 Å². The first-order chi connectivity index (χ1) is 9.43. The van der Waals surface area contributed by atoms with E-state index in [0.717, 1.165) is 29.8 Å². The highest BCUT2D eigenvalue weighted by Gasteiger charge is 2.08. The molecule has 0 saturated heterocycles. The van der Waals surface area contributed by atoms with E-state index in [9.17, 15) is 0 Å². The summed E-state index contributed by atoms with van der Waals surface area (Å²) in [5.41, 5.74) is 3.24. The van der Waals surface area contributed by atoms with Gasteiger partial charge in [0.15, 0.2) is 0 Å². The van der Waals surface area contributed by atoms with Crippen LogP contribution in [0.3, 0.4) is 0 Å². The fourth-order valence-corrected chi connectivity index (χ4v) is 2.03. The molecule has 3 aromatic rings. The van der Waals surface area contributed by atoms with E-state index in [2.05, 4.69) is 16.0 Å². The topological polar surface area (TPSA) is 35.0 Å². The van der Waals surface area contributed by atoms with Gasteiger partial charge in [-0.2, -0.15) is 0 Å². The van der Waals surface area contributed by atoms with Crippen LogP contribution in [-0.2, 0) is 6.42 Å². The minimum absolute atomic E-state index is 0.860. The van der Waals surface area contributed by atoms with Gasteiger partial charge in [-0.3, -0.25) is 9.97 Å². The van der Waals surface area contributed by atoms with E-state index in [-0.39, 0.29) is 0 Å². The van der Waals surface area contributed by atoms with Gasteiger partial charge >= 0.3 is 0 Å². The molecule has 1 aromatic heterocycles. The van der Waals surface area contributed by atoms with Gasteiger partial charge in [0.25, 0.3) is 0 Å². The quantitative estimate of drug-likeness (QED) is 0.614. The molecule has 0 unspecified atom stereocenters. The lowest BCUT2D eigenvalue weighted by Gasteiger charge is -1.93. The van der Waals surface area contributed by atoms with Crippen LogP contribution in [-0.4, -0.2) is 16.6 Å². The first kappa shape index (κ1) is 11.7. The molecular weight excluding hydrogens is 236 g/mol. The van der Waals surface area contributed by atoms with E-state index in [1.54, 1.807) is 12.4 Å². The molecule has 19 heavy (non-hydrogen) atoms.